The lowest BCUT2D eigenvalue weighted by Crippen LogP contribution is -2.30. The van der Waals surface area contributed by atoms with Gasteiger partial charge in [0.15, 0.2) is 0 Å². The maximum atomic E-state index is 13.2. The van der Waals surface area contributed by atoms with Gasteiger partial charge < -0.3 is 10.1 Å². The normalized spacial score (nSPS) is 16.9. The highest BCUT2D eigenvalue weighted by molar-refractivity contribution is 7.99. The topological polar surface area (TPSA) is 75.7 Å². The summed E-state index contributed by atoms with van der Waals surface area (Å²) in [5.74, 6) is 1.09. The van der Waals surface area contributed by atoms with E-state index in [1.807, 2.05) is 6.92 Å². The fraction of sp³-hybridized carbons (Fsp3) is 0.316. The fourth-order valence-corrected chi connectivity index (χ4v) is 5.32. The Morgan fingerprint density at radius 3 is 2.56 bits per heavy atom. The van der Waals surface area contributed by atoms with Gasteiger partial charge in [-0.05, 0) is 49.4 Å². The first-order valence-electron chi connectivity index (χ1n) is 8.61. The number of benzene rings is 2. The van der Waals surface area contributed by atoms with Gasteiger partial charge in [0.05, 0.1) is 23.4 Å². The number of hydrogen-bond donors (Lipinski definition) is 1. The highest BCUT2D eigenvalue weighted by Gasteiger charge is 2.27. The summed E-state index contributed by atoms with van der Waals surface area (Å²) in [5, 5.41) is 2.84. The Kier molecular flexibility index (Phi) is 5.67. The zero-order valence-electron chi connectivity index (χ0n) is 15.4. The van der Waals surface area contributed by atoms with E-state index >= 15 is 0 Å². The van der Waals surface area contributed by atoms with Crippen molar-refractivity contribution in [2.24, 2.45) is 5.92 Å². The molecule has 144 valence electrons. The summed E-state index contributed by atoms with van der Waals surface area (Å²) >= 11 is 1.55. The smallest absolute Gasteiger partial charge is 0.264 e. The summed E-state index contributed by atoms with van der Waals surface area (Å²) in [6.45, 7) is 3.92. The first-order chi connectivity index (χ1) is 12.9. The van der Waals surface area contributed by atoms with Gasteiger partial charge in [0, 0.05) is 23.1 Å². The SMILES string of the molecule is CCN(c1ccc(OC)cc1)S(=O)(=O)c1ccc2c(c1)NC(=O)C(C)CS2. The molecule has 1 atom stereocenters. The molecule has 1 unspecified atom stereocenters. The number of carbonyl (C=O) groups is 1. The third kappa shape index (κ3) is 3.91. The van der Waals surface area contributed by atoms with Crippen molar-refractivity contribution in [1.82, 2.24) is 0 Å². The summed E-state index contributed by atoms with van der Waals surface area (Å²) < 4.78 is 32.9. The first-order valence-corrected chi connectivity index (χ1v) is 11.0. The second kappa shape index (κ2) is 7.82. The van der Waals surface area contributed by atoms with E-state index in [9.17, 15) is 13.2 Å². The van der Waals surface area contributed by atoms with Crippen LogP contribution in [0, 0.1) is 5.92 Å². The van der Waals surface area contributed by atoms with Crippen LogP contribution >= 0.6 is 11.8 Å². The standard InChI is InChI=1S/C19H22N2O4S2/c1-4-21(14-5-7-15(25-3)8-6-14)27(23,24)16-9-10-18-17(11-16)20-19(22)13(2)12-26-18/h5-11,13H,4,12H2,1-3H3,(H,20,22). The summed E-state index contributed by atoms with van der Waals surface area (Å²) in [6.07, 6.45) is 0. The molecule has 1 aliphatic rings. The lowest BCUT2D eigenvalue weighted by Gasteiger charge is -2.23. The van der Waals surface area contributed by atoms with Crippen LogP contribution in [0.4, 0.5) is 11.4 Å². The minimum absolute atomic E-state index is 0.0988. The molecular formula is C19H22N2O4S2. The van der Waals surface area contributed by atoms with Crippen LogP contribution in [-0.2, 0) is 14.8 Å². The number of hydrogen-bond acceptors (Lipinski definition) is 5. The Hall–Kier alpha value is -2.19. The van der Waals surface area contributed by atoms with Gasteiger partial charge in [-0.2, -0.15) is 0 Å². The summed E-state index contributed by atoms with van der Waals surface area (Å²) in [6, 6.07) is 11.8. The number of amides is 1. The van der Waals surface area contributed by atoms with Crippen LogP contribution in [0.3, 0.4) is 0 Å². The molecule has 8 heteroatoms. The predicted molar refractivity (Wildman–Crippen MR) is 108 cm³/mol. The molecule has 6 nitrogen and oxygen atoms in total. The van der Waals surface area contributed by atoms with Crippen molar-refractivity contribution >= 4 is 39.1 Å². The fourth-order valence-electron chi connectivity index (χ4n) is 2.81. The maximum Gasteiger partial charge on any atom is 0.264 e. The molecule has 0 radical (unpaired) electrons. The van der Waals surface area contributed by atoms with E-state index in [2.05, 4.69) is 5.32 Å². The highest BCUT2D eigenvalue weighted by atomic mass is 32.2. The zero-order chi connectivity index (χ0) is 19.6. The van der Waals surface area contributed by atoms with Crippen LogP contribution in [0.5, 0.6) is 5.75 Å². The molecule has 0 aromatic heterocycles. The number of thioether (sulfide) groups is 1. The lowest BCUT2D eigenvalue weighted by molar-refractivity contribution is -0.118. The van der Waals surface area contributed by atoms with E-state index in [1.165, 1.54) is 4.31 Å². The van der Waals surface area contributed by atoms with E-state index in [4.69, 9.17) is 4.74 Å². The molecule has 0 saturated carbocycles. The minimum Gasteiger partial charge on any atom is -0.497 e. The van der Waals surface area contributed by atoms with E-state index in [0.717, 1.165) is 4.90 Å². The Morgan fingerprint density at radius 2 is 1.93 bits per heavy atom. The third-order valence-corrected chi connectivity index (χ3v) is 7.61. The number of fused-ring (bicyclic) bond motifs is 1. The first kappa shape index (κ1) is 19.6. The van der Waals surface area contributed by atoms with Crippen molar-refractivity contribution in [1.29, 1.82) is 0 Å². The Balaban J connectivity index is 1.98. The number of ether oxygens (including phenoxy) is 1. The second-order valence-corrected chi connectivity index (χ2v) is 9.15. The molecule has 2 aromatic carbocycles. The molecule has 0 aliphatic carbocycles. The van der Waals surface area contributed by atoms with Gasteiger partial charge in [-0.3, -0.25) is 9.10 Å². The molecule has 0 spiro atoms. The lowest BCUT2D eigenvalue weighted by atomic mass is 10.2. The number of nitrogens with one attached hydrogen (secondary N) is 1. The number of anilines is 2. The number of rotatable bonds is 5. The molecule has 1 amide bonds. The van der Waals surface area contributed by atoms with Crippen LogP contribution in [0.1, 0.15) is 13.8 Å². The van der Waals surface area contributed by atoms with Crippen molar-refractivity contribution in [3.05, 3.63) is 42.5 Å². The summed E-state index contributed by atoms with van der Waals surface area (Å²) in [7, 11) is -2.21. The highest BCUT2D eigenvalue weighted by Crippen LogP contribution is 2.35. The summed E-state index contributed by atoms with van der Waals surface area (Å²) in [4.78, 5) is 13.1. The van der Waals surface area contributed by atoms with Crippen LogP contribution in [0.2, 0.25) is 0 Å². The molecule has 1 N–H and O–H groups in total. The molecule has 0 bridgehead atoms. The quantitative estimate of drug-likeness (QED) is 0.821. The minimum atomic E-state index is -3.77. The van der Waals surface area contributed by atoms with Crippen molar-refractivity contribution in [3.63, 3.8) is 0 Å². The van der Waals surface area contributed by atoms with E-state index in [0.29, 0.717) is 22.9 Å². The van der Waals surface area contributed by atoms with Crippen LogP contribution in [-0.4, -0.2) is 33.7 Å². The van der Waals surface area contributed by atoms with Gasteiger partial charge in [-0.1, -0.05) is 6.92 Å². The second-order valence-electron chi connectivity index (χ2n) is 6.23. The van der Waals surface area contributed by atoms with Gasteiger partial charge in [0.1, 0.15) is 5.75 Å². The zero-order valence-corrected chi connectivity index (χ0v) is 17.1. The molecule has 27 heavy (non-hydrogen) atoms. The maximum absolute atomic E-state index is 13.2. The molecule has 0 saturated heterocycles. The Morgan fingerprint density at radius 1 is 1.22 bits per heavy atom. The van der Waals surface area contributed by atoms with E-state index < -0.39 is 10.0 Å². The number of nitrogens with zero attached hydrogens (tertiary/aromatic N) is 1. The van der Waals surface area contributed by atoms with Gasteiger partial charge in [-0.25, -0.2) is 8.42 Å². The molecule has 0 fully saturated rings. The van der Waals surface area contributed by atoms with Crippen LogP contribution in [0.15, 0.2) is 52.3 Å². The molecule has 2 aromatic rings. The molecule has 3 rings (SSSR count). The van der Waals surface area contributed by atoms with Crippen molar-refractivity contribution in [3.8, 4) is 5.75 Å². The molecule has 1 heterocycles. The molecular weight excluding hydrogens is 384 g/mol. The van der Waals surface area contributed by atoms with Gasteiger partial charge >= 0.3 is 0 Å². The van der Waals surface area contributed by atoms with E-state index in [-0.39, 0.29) is 23.3 Å². The Labute approximate surface area is 164 Å². The number of sulfonamides is 1. The van der Waals surface area contributed by atoms with Crippen molar-refractivity contribution in [2.75, 3.05) is 29.0 Å². The number of methoxy groups -OCH3 is 1. The predicted octanol–water partition coefficient (Wildman–Crippen LogP) is 3.59. The monoisotopic (exact) mass is 406 g/mol. The van der Waals surface area contributed by atoms with Gasteiger partial charge in [0.2, 0.25) is 5.91 Å². The van der Waals surface area contributed by atoms with Gasteiger partial charge in [-0.15, -0.1) is 11.8 Å². The van der Waals surface area contributed by atoms with Crippen LogP contribution < -0.4 is 14.4 Å². The van der Waals surface area contributed by atoms with Crippen LogP contribution in [0.25, 0.3) is 0 Å². The molecule has 1 aliphatic heterocycles. The van der Waals surface area contributed by atoms with Gasteiger partial charge in [0.25, 0.3) is 10.0 Å². The average Bonchev–Trinajstić information content (AvgIpc) is 2.81. The average molecular weight is 407 g/mol. The van der Waals surface area contributed by atoms with Crippen molar-refractivity contribution in [2.45, 2.75) is 23.6 Å². The largest absolute Gasteiger partial charge is 0.497 e. The number of carbonyl (C=O) groups excluding carboxylic acids is 1. The third-order valence-electron chi connectivity index (χ3n) is 4.38. The van der Waals surface area contributed by atoms with Crippen molar-refractivity contribution < 1.29 is 17.9 Å². The summed E-state index contributed by atoms with van der Waals surface area (Å²) in [5.41, 5.74) is 1.10. The Bertz CT molecular complexity index is 943. The van der Waals surface area contributed by atoms with E-state index in [1.54, 1.807) is 68.3 Å².